The van der Waals surface area contributed by atoms with Crippen molar-refractivity contribution in [3.8, 4) is 0 Å². The number of fused-ring (bicyclic) bond motifs is 1. The number of likely N-dealkylation sites (N-methyl/N-ethyl adjacent to an activating group) is 1. The fourth-order valence-electron chi connectivity index (χ4n) is 2.99. The number of ether oxygens (including phenoxy) is 1. The minimum Gasteiger partial charge on any atom is -0.467 e. The predicted octanol–water partition coefficient (Wildman–Crippen LogP) is 4.65. The number of carbonyl (C=O) groups is 2. The van der Waals surface area contributed by atoms with E-state index in [1.807, 2.05) is 58.1 Å². The number of aromatic nitrogens is 1. The monoisotopic (exact) mass is 436 g/mol. The Balaban J connectivity index is 2.05. The highest BCUT2D eigenvalue weighted by molar-refractivity contribution is 5.95. The molecule has 0 radical (unpaired) electrons. The Labute approximate surface area is 190 Å². The number of nitrogens with one attached hydrogen (secondary N) is 2. The van der Waals surface area contributed by atoms with E-state index in [1.54, 1.807) is 36.6 Å². The lowest BCUT2D eigenvalue weighted by Crippen LogP contribution is -2.36. The van der Waals surface area contributed by atoms with Crippen molar-refractivity contribution < 1.29 is 14.3 Å². The number of hydrogen-bond acceptors (Lipinski definition) is 5. The van der Waals surface area contributed by atoms with Crippen molar-refractivity contribution >= 4 is 29.4 Å². The summed E-state index contributed by atoms with van der Waals surface area (Å²) in [5.41, 5.74) is 2.49. The molecular formula is C25H32N4O3. The second-order valence-corrected chi connectivity index (χ2v) is 7.57. The zero-order valence-electron chi connectivity index (χ0n) is 19.4. The minimum absolute atomic E-state index is 0.0706. The first kappa shape index (κ1) is 24.7. The quantitative estimate of drug-likeness (QED) is 0.352. The Morgan fingerprint density at radius 3 is 2.72 bits per heavy atom. The molecule has 0 fully saturated rings. The van der Waals surface area contributed by atoms with Crippen LogP contribution >= 0.6 is 0 Å². The van der Waals surface area contributed by atoms with Crippen molar-refractivity contribution in [3.05, 3.63) is 71.9 Å². The van der Waals surface area contributed by atoms with Crippen molar-refractivity contribution in [2.24, 2.45) is 0 Å². The van der Waals surface area contributed by atoms with Crippen molar-refractivity contribution in [3.63, 3.8) is 0 Å². The molecule has 0 aromatic carbocycles. The summed E-state index contributed by atoms with van der Waals surface area (Å²) in [6.45, 7) is 8.33. The van der Waals surface area contributed by atoms with Gasteiger partial charge in [0, 0.05) is 32.3 Å². The van der Waals surface area contributed by atoms with Crippen LogP contribution in [0.25, 0.3) is 6.08 Å². The number of hydrogen-bond donors (Lipinski definition) is 2. The Morgan fingerprint density at radius 1 is 1.25 bits per heavy atom. The maximum atomic E-state index is 12.8. The normalized spacial score (nSPS) is 14.8. The van der Waals surface area contributed by atoms with E-state index in [0.29, 0.717) is 18.8 Å². The van der Waals surface area contributed by atoms with Gasteiger partial charge in [-0.2, -0.15) is 0 Å². The molecule has 1 aromatic heterocycles. The zero-order valence-corrected chi connectivity index (χ0v) is 19.4. The maximum absolute atomic E-state index is 12.8. The number of carbonyl (C=O) groups excluding carboxylic acids is 2. The van der Waals surface area contributed by atoms with Gasteiger partial charge in [-0.05, 0) is 57.0 Å². The molecule has 1 aliphatic rings. The summed E-state index contributed by atoms with van der Waals surface area (Å²) >= 11 is 0. The van der Waals surface area contributed by atoms with E-state index in [2.05, 4.69) is 15.6 Å². The van der Waals surface area contributed by atoms with Crippen LogP contribution < -0.4 is 10.6 Å². The van der Waals surface area contributed by atoms with Crippen LogP contribution in [0.15, 0.2) is 66.3 Å². The van der Waals surface area contributed by atoms with E-state index in [9.17, 15) is 9.59 Å². The highest BCUT2D eigenvalue weighted by Gasteiger charge is 2.20. The first-order valence-corrected chi connectivity index (χ1v) is 10.6. The third-order valence-electron chi connectivity index (χ3n) is 4.85. The van der Waals surface area contributed by atoms with Crippen molar-refractivity contribution in [2.75, 3.05) is 24.2 Å². The van der Waals surface area contributed by atoms with E-state index in [-0.39, 0.29) is 17.9 Å². The van der Waals surface area contributed by atoms with Crippen LogP contribution in [0.5, 0.6) is 0 Å². The van der Waals surface area contributed by atoms with E-state index in [4.69, 9.17) is 4.74 Å². The molecule has 0 saturated carbocycles. The molecule has 1 atom stereocenters. The van der Waals surface area contributed by atoms with Gasteiger partial charge in [0.15, 0.2) is 5.82 Å². The van der Waals surface area contributed by atoms with Crippen molar-refractivity contribution in [1.29, 1.82) is 0 Å². The number of amides is 2. The Kier molecular flexibility index (Phi) is 9.47. The van der Waals surface area contributed by atoms with E-state index in [1.165, 1.54) is 6.08 Å². The van der Waals surface area contributed by atoms with Crippen LogP contribution in [0.1, 0.15) is 39.7 Å². The molecule has 2 heterocycles. The molecule has 32 heavy (non-hydrogen) atoms. The molecule has 0 aliphatic carbocycles. The van der Waals surface area contributed by atoms with E-state index < -0.39 is 0 Å². The molecule has 0 bridgehead atoms. The molecule has 2 N–H and O–H groups in total. The fraction of sp³-hybridized carbons (Fsp3) is 0.320. The summed E-state index contributed by atoms with van der Waals surface area (Å²) < 4.78 is 5.82. The first-order chi connectivity index (χ1) is 15.3. The summed E-state index contributed by atoms with van der Waals surface area (Å²) in [6.07, 6.45) is 16.3. The van der Waals surface area contributed by atoms with Crippen LogP contribution in [-0.4, -0.2) is 41.3 Å². The Hall–Kier alpha value is -3.61. The van der Waals surface area contributed by atoms with E-state index >= 15 is 0 Å². The molecule has 7 heteroatoms. The van der Waals surface area contributed by atoms with Gasteiger partial charge in [0.05, 0.1) is 18.0 Å². The lowest BCUT2D eigenvalue weighted by molar-refractivity contribution is -0.126. The van der Waals surface area contributed by atoms with Crippen molar-refractivity contribution in [2.45, 2.75) is 40.2 Å². The summed E-state index contributed by atoms with van der Waals surface area (Å²) in [6, 6.07) is 1.61. The van der Waals surface area contributed by atoms with Crippen LogP contribution in [0, 0.1) is 0 Å². The molecule has 0 spiro atoms. The summed E-state index contributed by atoms with van der Waals surface area (Å²) in [4.78, 5) is 30.3. The van der Waals surface area contributed by atoms with Gasteiger partial charge in [-0.25, -0.2) is 4.98 Å². The molecule has 7 nitrogen and oxygen atoms in total. The first-order valence-electron chi connectivity index (χ1n) is 10.6. The highest BCUT2D eigenvalue weighted by atomic mass is 16.5. The molecule has 2 amide bonds. The van der Waals surface area contributed by atoms with Crippen LogP contribution in [0.3, 0.4) is 0 Å². The SMILES string of the molecule is C\C=C/C=C\C=C\OC(=C(C)C)C(C)N(C)C(=O)/C=C/c1cnc2c(c1)NCCC(=O)N2. The highest BCUT2D eigenvalue weighted by Crippen LogP contribution is 2.23. The van der Waals surface area contributed by atoms with E-state index in [0.717, 1.165) is 22.6 Å². The smallest absolute Gasteiger partial charge is 0.246 e. The van der Waals surface area contributed by atoms with Crippen LogP contribution in [0.4, 0.5) is 11.5 Å². The van der Waals surface area contributed by atoms with Gasteiger partial charge in [0.1, 0.15) is 5.76 Å². The largest absolute Gasteiger partial charge is 0.467 e. The standard InChI is InChI=1S/C25H32N4O3/c1-6-7-8-9-10-15-32-24(18(2)3)19(4)29(5)23(31)12-11-20-16-21-25(27-17-20)28-22(30)13-14-26-21/h6-12,15-17,19,26H,13-14H2,1-5H3,(H,27,28,30)/b7-6-,9-8-,12-11+,15-10+. The average molecular weight is 437 g/mol. The number of rotatable bonds is 8. The third kappa shape index (κ3) is 7.27. The van der Waals surface area contributed by atoms with Gasteiger partial charge in [0.25, 0.3) is 0 Å². The molecule has 2 rings (SSSR count). The summed E-state index contributed by atoms with van der Waals surface area (Å²) in [7, 11) is 1.74. The van der Waals surface area contributed by atoms with Gasteiger partial charge < -0.3 is 20.3 Å². The molecule has 1 aliphatic heterocycles. The predicted molar refractivity (Wildman–Crippen MR) is 130 cm³/mol. The van der Waals surface area contributed by atoms with Crippen molar-refractivity contribution in [1.82, 2.24) is 9.88 Å². The second kappa shape index (κ2) is 12.3. The molecular weight excluding hydrogens is 404 g/mol. The fourth-order valence-corrected chi connectivity index (χ4v) is 2.99. The topological polar surface area (TPSA) is 83.6 Å². The van der Waals surface area contributed by atoms with Crippen LogP contribution in [-0.2, 0) is 14.3 Å². The van der Waals surface area contributed by atoms with Gasteiger partial charge >= 0.3 is 0 Å². The van der Waals surface area contributed by atoms with Gasteiger partial charge in [-0.3, -0.25) is 9.59 Å². The summed E-state index contributed by atoms with van der Waals surface area (Å²) in [5, 5.41) is 5.93. The second-order valence-electron chi connectivity index (χ2n) is 7.57. The van der Waals surface area contributed by atoms with Crippen LogP contribution in [0.2, 0.25) is 0 Å². The van der Waals surface area contributed by atoms with Gasteiger partial charge in [-0.15, -0.1) is 0 Å². The van der Waals surface area contributed by atoms with Gasteiger partial charge in [0.2, 0.25) is 11.8 Å². The van der Waals surface area contributed by atoms with Gasteiger partial charge in [-0.1, -0.05) is 24.3 Å². The number of allylic oxidation sites excluding steroid dienone is 6. The molecule has 0 saturated heterocycles. The average Bonchev–Trinajstić information content (AvgIpc) is 2.95. The number of anilines is 2. The Bertz CT molecular complexity index is 969. The minimum atomic E-state index is -0.247. The number of nitrogens with zero attached hydrogens (tertiary/aromatic N) is 2. The summed E-state index contributed by atoms with van der Waals surface area (Å²) in [5.74, 6) is 0.990. The lowest BCUT2D eigenvalue weighted by Gasteiger charge is -2.26. The molecule has 1 aromatic rings. The molecule has 1 unspecified atom stereocenters. The lowest BCUT2D eigenvalue weighted by atomic mass is 10.1. The zero-order chi connectivity index (χ0) is 23.5. The third-order valence-corrected chi connectivity index (χ3v) is 4.85. The maximum Gasteiger partial charge on any atom is 0.246 e. The Morgan fingerprint density at radius 2 is 2.00 bits per heavy atom. The number of pyridine rings is 1. The molecule has 170 valence electrons.